The average Bonchev–Trinajstić information content (AvgIpc) is 3.23. The van der Waals surface area contributed by atoms with Gasteiger partial charge in [0.1, 0.15) is 5.75 Å². The molecule has 292 valence electrons. The number of nitrogens with one attached hydrogen (secondary N) is 3. The second kappa shape index (κ2) is 20.3. The summed E-state index contributed by atoms with van der Waals surface area (Å²) in [4.78, 5) is 46.3. The second-order valence-electron chi connectivity index (χ2n) is 13.0. The maximum atomic E-state index is 12.4. The summed E-state index contributed by atoms with van der Waals surface area (Å²) in [6, 6.07) is 21.6. The van der Waals surface area contributed by atoms with Gasteiger partial charge in [-0.2, -0.15) is 4.31 Å². The van der Waals surface area contributed by atoms with Crippen LogP contribution >= 0.6 is 0 Å². The van der Waals surface area contributed by atoms with Gasteiger partial charge in [0, 0.05) is 41.8 Å². The van der Waals surface area contributed by atoms with Crippen molar-refractivity contribution in [2.45, 2.75) is 56.8 Å². The summed E-state index contributed by atoms with van der Waals surface area (Å²) in [5.74, 6) is -0.662. The Morgan fingerprint density at radius 2 is 1.42 bits per heavy atom. The largest absolute Gasteiger partial charge is 0.497 e. The van der Waals surface area contributed by atoms with Crippen molar-refractivity contribution < 1.29 is 48.0 Å². The molecule has 1 unspecified atom stereocenters. The van der Waals surface area contributed by atoms with E-state index in [0.29, 0.717) is 47.3 Å². The zero-order valence-electron chi connectivity index (χ0n) is 30.7. The summed E-state index contributed by atoms with van der Waals surface area (Å²) >= 11 is 0. The molecule has 55 heavy (non-hydrogen) atoms. The lowest BCUT2D eigenvalue weighted by atomic mass is 9.86. The molecule has 3 aromatic carbocycles. The van der Waals surface area contributed by atoms with Crippen molar-refractivity contribution in [3.63, 3.8) is 0 Å². The third kappa shape index (κ3) is 11.8. The van der Waals surface area contributed by atoms with Crippen LogP contribution < -0.4 is 21.2 Å². The average molecular weight is 775 g/mol. The van der Waals surface area contributed by atoms with Gasteiger partial charge in [-0.1, -0.05) is 54.1 Å². The van der Waals surface area contributed by atoms with E-state index in [1.54, 1.807) is 78.2 Å². The molecule has 15 heteroatoms. The quantitative estimate of drug-likeness (QED) is 0.0989. The fourth-order valence-electron chi connectivity index (χ4n) is 6.25. The van der Waals surface area contributed by atoms with E-state index in [4.69, 9.17) is 20.4 Å². The number of hydrogen-bond acceptors (Lipinski definition) is 10. The molecule has 0 fully saturated rings. The molecule has 6 rings (SSSR count). The topological polar surface area (TPSA) is 212 Å². The number of benzene rings is 3. The summed E-state index contributed by atoms with van der Waals surface area (Å²) in [5, 5.41) is 25.7. The third-order valence-corrected chi connectivity index (χ3v) is 11.3. The first-order valence-corrected chi connectivity index (χ1v) is 19.1. The van der Waals surface area contributed by atoms with E-state index in [1.807, 2.05) is 31.2 Å². The molecule has 6 N–H and O–H groups in total. The highest BCUT2D eigenvalue weighted by Gasteiger charge is 2.27. The fraction of sp³-hybridized carbons (Fsp3) is 0.300. The minimum atomic E-state index is -3.54. The number of fused-ring (bicyclic) bond motifs is 1. The lowest BCUT2D eigenvalue weighted by Crippen LogP contribution is -2.37. The molecule has 3 aliphatic rings. The van der Waals surface area contributed by atoms with Crippen LogP contribution in [0, 0.1) is 12.8 Å². The lowest BCUT2D eigenvalue weighted by molar-refractivity contribution is -0.126. The summed E-state index contributed by atoms with van der Waals surface area (Å²) in [6.07, 6.45) is 9.69. The Balaban J connectivity index is 0.000000187. The van der Waals surface area contributed by atoms with Crippen LogP contribution in [0.2, 0.25) is 0 Å². The number of sulfonamides is 1. The number of aryl methyl sites for hydroxylation is 2. The first-order chi connectivity index (χ1) is 26.4. The van der Waals surface area contributed by atoms with Crippen molar-refractivity contribution in [3.05, 3.63) is 124 Å². The smallest absolute Gasteiger partial charge is 0.270 e. The predicted molar refractivity (Wildman–Crippen MR) is 203 cm³/mol. The number of Topliss-reactive ketones (excluding diaryl/α,β-unsaturated/α-hetero) is 1. The molecule has 0 bridgehead atoms. The molecule has 0 spiro atoms. The van der Waals surface area contributed by atoms with Crippen LogP contribution in [0.15, 0.2) is 107 Å². The van der Waals surface area contributed by atoms with Crippen LogP contribution in [0.3, 0.4) is 0 Å². The molecule has 0 saturated heterocycles. The van der Waals surface area contributed by atoms with Crippen molar-refractivity contribution in [3.8, 4) is 5.75 Å². The van der Waals surface area contributed by atoms with E-state index in [-0.39, 0.29) is 36.1 Å². The van der Waals surface area contributed by atoms with Gasteiger partial charge in [0.25, 0.3) is 17.7 Å². The molecule has 2 aliphatic carbocycles. The Morgan fingerprint density at radius 1 is 0.782 bits per heavy atom. The van der Waals surface area contributed by atoms with Crippen LogP contribution in [0.4, 0.5) is 0 Å². The fourth-order valence-corrected chi connectivity index (χ4v) is 7.63. The number of rotatable bonds is 9. The van der Waals surface area contributed by atoms with Gasteiger partial charge in [0.05, 0.1) is 12.0 Å². The van der Waals surface area contributed by atoms with Crippen LogP contribution in [-0.4, -0.2) is 72.0 Å². The van der Waals surface area contributed by atoms with Gasteiger partial charge in [-0.25, -0.2) is 24.9 Å². The highest BCUT2D eigenvalue weighted by molar-refractivity contribution is 7.89. The van der Waals surface area contributed by atoms with E-state index in [0.717, 1.165) is 30.4 Å². The van der Waals surface area contributed by atoms with Crippen molar-refractivity contribution in [1.29, 1.82) is 0 Å². The first-order valence-electron chi connectivity index (χ1n) is 17.7. The lowest BCUT2D eigenvalue weighted by Gasteiger charge is -2.25. The number of ether oxygens (including phenoxy) is 1. The Morgan fingerprint density at radius 3 is 2.04 bits per heavy atom. The predicted octanol–water partition coefficient (Wildman–Crippen LogP) is 4.84. The minimum absolute atomic E-state index is 0.0423. The summed E-state index contributed by atoms with van der Waals surface area (Å²) < 4.78 is 31.2. The monoisotopic (exact) mass is 774 g/mol. The van der Waals surface area contributed by atoms with Crippen molar-refractivity contribution in [2.24, 2.45) is 5.92 Å². The molecule has 1 heterocycles. The van der Waals surface area contributed by atoms with E-state index >= 15 is 0 Å². The molecule has 1 aliphatic heterocycles. The maximum absolute atomic E-state index is 12.4. The standard InChI is InChI=1S/C16H19NO4.C13H16N2O4S.C11H11NO2/c1-21-14-7-5-12(6-8-14)15(18)10-11-3-2-4-13(9-11)16(19)17-20;1-10-2-4-12(5-3-10)20(18,19)15-8-6-11(7-9-15)13(16)14-17;13-11(12-14)10-6-5-8-3-1-2-4-9(8)7-10/h5-9,11,20H,2-4,10H2,1H3,(H,17,19);2-6,17H,7-9H2,1H3,(H,14,16);1-4,7,14H,5-6H2,(H,12,13). The van der Waals surface area contributed by atoms with Gasteiger partial charge in [0.2, 0.25) is 10.0 Å². The number of ketones is 1. The Bertz CT molecular complexity index is 2040. The van der Waals surface area contributed by atoms with Crippen molar-refractivity contribution >= 4 is 39.6 Å². The van der Waals surface area contributed by atoms with Crippen LogP contribution in [0.25, 0.3) is 6.08 Å². The van der Waals surface area contributed by atoms with Gasteiger partial charge >= 0.3 is 0 Å². The number of carbonyl (C=O) groups is 4. The number of methoxy groups -OCH3 is 1. The van der Waals surface area contributed by atoms with E-state index in [1.165, 1.54) is 15.9 Å². The zero-order chi connectivity index (χ0) is 40.0. The van der Waals surface area contributed by atoms with E-state index in [2.05, 4.69) is 6.07 Å². The van der Waals surface area contributed by atoms with Gasteiger partial charge in [-0.05, 0) is 105 Å². The van der Waals surface area contributed by atoms with Crippen molar-refractivity contribution in [1.82, 2.24) is 20.7 Å². The van der Waals surface area contributed by atoms with Gasteiger partial charge < -0.3 is 4.74 Å². The molecule has 14 nitrogen and oxygen atoms in total. The Hall–Kier alpha value is -5.45. The summed E-state index contributed by atoms with van der Waals surface area (Å²) in [5.41, 5.74) is 10.4. The molecule has 0 radical (unpaired) electrons. The van der Waals surface area contributed by atoms with E-state index in [9.17, 15) is 27.6 Å². The van der Waals surface area contributed by atoms with E-state index < -0.39 is 27.7 Å². The molecular formula is C40H46N4O10S. The molecule has 3 amide bonds. The summed E-state index contributed by atoms with van der Waals surface area (Å²) in [7, 11) is -1.96. The Labute approximate surface area is 320 Å². The first kappa shape index (κ1) is 42.3. The second-order valence-corrected chi connectivity index (χ2v) is 15.0. The zero-order valence-corrected chi connectivity index (χ0v) is 31.5. The number of hydrogen-bond donors (Lipinski definition) is 6. The van der Waals surface area contributed by atoms with Gasteiger partial charge in [-0.15, -0.1) is 0 Å². The molecular weight excluding hydrogens is 729 g/mol. The Kier molecular flexibility index (Phi) is 15.6. The molecule has 1 atom stereocenters. The number of amides is 3. The highest BCUT2D eigenvalue weighted by atomic mass is 32.2. The minimum Gasteiger partial charge on any atom is -0.497 e. The van der Waals surface area contributed by atoms with Crippen LogP contribution in [0.5, 0.6) is 5.75 Å². The number of nitrogens with zero attached hydrogens (tertiary/aromatic N) is 1. The van der Waals surface area contributed by atoms with Crippen LogP contribution in [0.1, 0.15) is 65.6 Å². The number of carbonyl (C=O) groups excluding carboxylic acids is 4. The van der Waals surface area contributed by atoms with Gasteiger partial charge in [-0.3, -0.25) is 34.8 Å². The molecule has 3 aromatic rings. The summed E-state index contributed by atoms with van der Waals surface area (Å²) in [6.45, 7) is 2.23. The van der Waals surface area contributed by atoms with Crippen molar-refractivity contribution in [2.75, 3.05) is 20.2 Å². The highest BCUT2D eigenvalue weighted by Crippen LogP contribution is 2.27. The van der Waals surface area contributed by atoms with Crippen LogP contribution in [-0.2, 0) is 30.8 Å². The van der Waals surface area contributed by atoms with Gasteiger partial charge in [0.15, 0.2) is 5.78 Å². The SMILES string of the molecule is COc1ccc(C(=O)CC2C=C(C(=O)NO)CCC2)cc1.Cc1ccc(S(=O)(=O)N2CC=C(C(=O)NO)CC2)cc1.O=C(NO)C1=Cc2ccccc2CC1. The number of allylic oxidation sites excluding steroid dienone is 1. The molecule has 0 aromatic heterocycles. The normalized spacial score (nSPS) is 16.5. The third-order valence-electron chi connectivity index (χ3n) is 9.38. The number of hydroxylamine groups is 3. The molecule has 0 saturated carbocycles. The maximum Gasteiger partial charge on any atom is 0.270 e.